The van der Waals surface area contributed by atoms with Gasteiger partial charge in [0.2, 0.25) is 0 Å². The molecule has 0 saturated heterocycles. The van der Waals surface area contributed by atoms with E-state index in [0.717, 1.165) is 36.5 Å². The number of fused-ring (bicyclic) bond motifs is 5. The van der Waals surface area contributed by atoms with Crippen molar-refractivity contribution in [1.29, 1.82) is 0 Å². The van der Waals surface area contributed by atoms with Gasteiger partial charge >= 0.3 is 5.97 Å². The van der Waals surface area contributed by atoms with Crippen LogP contribution in [0.5, 0.6) is 0 Å². The van der Waals surface area contributed by atoms with Crippen LogP contribution in [-0.4, -0.2) is 16.4 Å². The van der Waals surface area contributed by atoms with Crippen molar-refractivity contribution in [2.45, 2.75) is 141 Å². The lowest BCUT2D eigenvalue weighted by molar-refractivity contribution is -0.153. The fourth-order valence-electron chi connectivity index (χ4n) is 8.77. The normalized spacial score (nSPS) is 39.6. The third-order valence-corrected chi connectivity index (χ3v) is 11.2. The van der Waals surface area contributed by atoms with Crippen molar-refractivity contribution in [3.05, 3.63) is 11.6 Å². The number of carbonyl (C=O) groups excluding carboxylic acids is 1. The molecule has 0 spiro atoms. The molecule has 4 aliphatic rings. The highest BCUT2D eigenvalue weighted by Crippen LogP contribution is 2.66. The molecule has 0 unspecified atom stereocenters. The molecule has 2 nitrogen and oxygen atoms in total. The summed E-state index contributed by atoms with van der Waals surface area (Å²) in [5.41, 5.74) is 2.52. The molecule has 3 fully saturated rings. The fraction of sp³-hybridized carbons (Fsp3) is 0.903. The number of esters is 1. The van der Waals surface area contributed by atoms with Gasteiger partial charge in [-0.2, -0.15) is 0 Å². The Labute approximate surface area is 218 Å². The van der Waals surface area contributed by atoms with Crippen molar-refractivity contribution < 1.29 is 9.53 Å². The molecule has 34 heavy (non-hydrogen) atoms. The van der Waals surface area contributed by atoms with E-state index < -0.39 is 4.32 Å². The van der Waals surface area contributed by atoms with E-state index in [1.54, 1.807) is 5.57 Å². The fourth-order valence-corrected chi connectivity index (χ4v) is 8.87. The summed E-state index contributed by atoms with van der Waals surface area (Å²) < 4.78 is 5.33. The molecule has 3 heteroatoms. The van der Waals surface area contributed by atoms with E-state index in [-0.39, 0.29) is 12.1 Å². The van der Waals surface area contributed by atoms with Crippen LogP contribution in [0.15, 0.2) is 11.6 Å². The first-order chi connectivity index (χ1) is 16.1. The number of halogens is 1. The monoisotopic (exact) mass is 534 g/mol. The third kappa shape index (κ3) is 5.21. The maximum Gasteiger partial charge on any atom is 0.322 e. The second kappa shape index (κ2) is 10.6. The Kier molecular flexibility index (Phi) is 8.33. The second-order valence-corrected chi connectivity index (χ2v) is 15.4. The molecule has 4 rings (SSSR count). The summed E-state index contributed by atoms with van der Waals surface area (Å²) in [6.07, 6.45) is 22.9. The molecular formula is C31H51BrO2. The standard InChI is InChI=1S/C31H51BrO2/c1-6-7-8-9-10-11-12-22-14-16-26-25-15-13-23-21-24(34-28(33)29(2,3)32)17-19-31(23,5)27(25)18-20-30(22,26)4/h13,22,24-27H,6-12,14-21H2,1-5H3/t22-,24+,25-,26-,27+,30-,31+/m1/s1. The molecule has 0 aliphatic heterocycles. The Morgan fingerprint density at radius 1 is 1.03 bits per heavy atom. The Bertz CT molecular complexity index is 751. The molecule has 194 valence electrons. The van der Waals surface area contributed by atoms with Crippen LogP contribution in [0.4, 0.5) is 0 Å². The third-order valence-electron chi connectivity index (χ3n) is 10.9. The highest BCUT2D eigenvalue weighted by molar-refractivity contribution is 9.10. The van der Waals surface area contributed by atoms with E-state index >= 15 is 0 Å². The number of ether oxygens (including phenoxy) is 1. The molecule has 0 bridgehead atoms. The van der Waals surface area contributed by atoms with Gasteiger partial charge in [0.25, 0.3) is 0 Å². The maximum atomic E-state index is 12.4. The molecular weight excluding hydrogens is 484 g/mol. The number of hydrogen-bond acceptors (Lipinski definition) is 2. The highest BCUT2D eigenvalue weighted by Gasteiger charge is 2.58. The van der Waals surface area contributed by atoms with E-state index in [1.807, 2.05) is 13.8 Å². The molecule has 0 heterocycles. The van der Waals surface area contributed by atoms with Crippen LogP contribution in [0.1, 0.15) is 131 Å². The lowest BCUT2D eigenvalue weighted by Gasteiger charge is -2.58. The van der Waals surface area contributed by atoms with Crippen molar-refractivity contribution in [2.75, 3.05) is 0 Å². The minimum Gasteiger partial charge on any atom is -0.461 e. The predicted molar refractivity (Wildman–Crippen MR) is 146 cm³/mol. The minimum absolute atomic E-state index is 0.0576. The molecule has 4 aliphatic carbocycles. The number of rotatable bonds is 9. The van der Waals surface area contributed by atoms with Gasteiger partial charge in [0.05, 0.1) is 0 Å². The number of hydrogen-bond donors (Lipinski definition) is 0. The van der Waals surface area contributed by atoms with E-state index in [4.69, 9.17) is 4.74 Å². The predicted octanol–water partition coefficient (Wildman–Crippen LogP) is 9.40. The van der Waals surface area contributed by atoms with Crippen LogP contribution in [0.3, 0.4) is 0 Å². The second-order valence-electron chi connectivity index (χ2n) is 13.4. The van der Waals surface area contributed by atoms with Crippen molar-refractivity contribution in [1.82, 2.24) is 0 Å². The van der Waals surface area contributed by atoms with Crippen LogP contribution in [-0.2, 0) is 9.53 Å². The van der Waals surface area contributed by atoms with Crippen LogP contribution in [0.2, 0.25) is 0 Å². The molecule has 0 radical (unpaired) electrons. The average Bonchev–Trinajstić information content (AvgIpc) is 3.12. The van der Waals surface area contributed by atoms with E-state index in [0.29, 0.717) is 10.8 Å². The maximum absolute atomic E-state index is 12.4. The van der Waals surface area contributed by atoms with Gasteiger partial charge in [-0.25, -0.2) is 0 Å². The number of alkyl halides is 1. The zero-order valence-electron chi connectivity index (χ0n) is 22.8. The Balaban J connectivity index is 1.38. The summed E-state index contributed by atoms with van der Waals surface area (Å²) in [6.45, 7) is 11.3. The van der Waals surface area contributed by atoms with Gasteiger partial charge in [0.15, 0.2) is 0 Å². The van der Waals surface area contributed by atoms with Crippen molar-refractivity contribution >= 4 is 21.9 Å². The zero-order valence-corrected chi connectivity index (χ0v) is 24.4. The summed E-state index contributed by atoms with van der Waals surface area (Å²) in [7, 11) is 0. The summed E-state index contributed by atoms with van der Waals surface area (Å²) in [5, 5.41) is 0. The molecule has 3 saturated carbocycles. The summed E-state index contributed by atoms with van der Waals surface area (Å²) in [4.78, 5) is 12.4. The van der Waals surface area contributed by atoms with Gasteiger partial charge in [-0.05, 0) is 99.7 Å². The topological polar surface area (TPSA) is 26.3 Å². The van der Waals surface area contributed by atoms with Crippen LogP contribution in [0.25, 0.3) is 0 Å². The minimum atomic E-state index is -0.595. The largest absolute Gasteiger partial charge is 0.461 e. The van der Waals surface area contributed by atoms with Gasteiger partial charge in [-0.1, -0.05) is 86.9 Å². The van der Waals surface area contributed by atoms with Crippen LogP contribution in [0, 0.1) is 34.5 Å². The molecule has 0 aromatic carbocycles. The first-order valence-corrected chi connectivity index (χ1v) is 15.5. The highest BCUT2D eigenvalue weighted by atomic mass is 79.9. The molecule has 0 aromatic heterocycles. The van der Waals surface area contributed by atoms with Crippen molar-refractivity contribution in [3.63, 3.8) is 0 Å². The molecule has 0 N–H and O–H groups in total. The summed E-state index contributed by atoms with van der Waals surface area (Å²) in [6, 6.07) is 0. The van der Waals surface area contributed by atoms with Gasteiger partial charge in [0.1, 0.15) is 10.4 Å². The first kappa shape index (κ1) is 26.7. The Morgan fingerprint density at radius 3 is 2.50 bits per heavy atom. The average molecular weight is 536 g/mol. The van der Waals surface area contributed by atoms with Gasteiger partial charge in [0, 0.05) is 6.42 Å². The van der Waals surface area contributed by atoms with Gasteiger partial charge < -0.3 is 4.74 Å². The van der Waals surface area contributed by atoms with E-state index in [1.165, 1.54) is 83.5 Å². The smallest absolute Gasteiger partial charge is 0.322 e. The lowest BCUT2D eigenvalue weighted by Crippen LogP contribution is -2.50. The molecule has 0 aromatic rings. The number of carbonyl (C=O) groups is 1. The van der Waals surface area contributed by atoms with Gasteiger partial charge in [-0.3, -0.25) is 4.79 Å². The summed E-state index contributed by atoms with van der Waals surface area (Å²) in [5.74, 6) is 3.48. The van der Waals surface area contributed by atoms with Crippen molar-refractivity contribution in [3.8, 4) is 0 Å². The SMILES string of the molecule is CCCCCCCC[C@@H]1CC[C@@H]2[C@H]3CC=C4C[C@@H](OC(=O)C(C)(C)Br)CC[C@]4(C)[C@H]3CC[C@]12C. The first-order valence-electron chi connectivity index (χ1n) is 14.7. The Hall–Kier alpha value is -0.310. The van der Waals surface area contributed by atoms with Crippen molar-refractivity contribution in [2.24, 2.45) is 34.5 Å². The zero-order chi connectivity index (χ0) is 24.6. The number of allylic oxidation sites excluding steroid dienone is 1. The lowest BCUT2D eigenvalue weighted by atomic mass is 9.47. The van der Waals surface area contributed by atoms with E-state index in [2.05, 4.69) is 42.8 Å². The number of unbranched alkanes of at least 4 members (excludes halogenated alkanes) is 5. The van der Waals surface area contributed by atoms with Crippen LogP contribution < -0.4 is 0 Å². The van der Waals surface area contributed by atoms with Crippen LogP contribution >= 0.6 is 15.9 Å². The Morgan fingerprint density at radius 2 is 1.76 bits per heavy atom. The summed E-state index contributed by atoms with van der Waals surface area (Å²) >= 11 is 3.47. The van der Waals surface area contributed by atoms with Gasteiger partial charge in [-0.15, -0.1) is 0 Å². The van der Waals surface area contributed by atoms with E-state index in [9.17, 15) is 4.79 Å². The molecule has 0 amide bonds. The quantitative estimate of drug-likeness (QED) is 0.127. The molecule has 7 atom stereocenters.